The normalized spacial score (nSPS) is 13.1. The van der Waals surface area contributed by atoms with Gasteiger partial charge in [-0.1, -0.05) is 18.3 Å². The zero-order chi connectivity index (χ0) is 14.5. The first-order valence-electron chi connectivity index (χ1n) is 7.10. The number of nitrogens with one attached hydrogen (secondary N) is 1. The molecule has 6 nitrogen and oxygen atoms in total. The monoisotopic (exact) mass is 294 g/mol. The Morgan fingerprint density at radius 1 is 1.35 bits per heavy atom. The third-order valence-corrected chi connectivity index (χ3v) is 4.09. The van der Waals surface area contributed by atoms with E-state index >= 15 is 0 Å². The molecule has 1 N–H and O–H groups in total. The Morgan fingerprint density at radius 2 is 2.15 bits per heavy atom. The number of aryl methyl sites for hydroxylation is 1. The summed E-state index contributed by atoms with van der Waals surface area (Å²) in [6.45, 7) is 9.36. The van der Waals surface area contributed by atoms with Crippen LogP contribution in [0.25, 0.3) is 0 Å². The molecule has 0 amide bonds. The molecule has 0 saturated carbocycles. The minimum absolute atomic E-state index is 0.205. The summed E-state index contributed by atoms with van der Waals surface area (Å²) in [6.07, 6.45) is 3.34. The first-order chi connectivity index (χ1) is 9.67. The minimum Gasteiger partial charge on any atom is -0.309 e. The fourth-order valence-electron chi connectivity index (χ4n) is 2.26. The van der Waals surface area contributed by atoms with Gasteiger partial charge in [-0.3, -0.25) is 0 Å². The number of rotatable bonds is 7. The SMILES string of the molecule is CCNC(Cc1ncnn1C(C)C)c1snnc1CC. The highest BCUT2D eigenvalue weighted by molar-refractivity contribution is 7.05. The molecule has 20 heavy (non-hydrogen) atoms. The van der Waals surface area contributed by atoms with Crippen molar-refractivity contribution in [3.63, 3.8) is 0 Å². The van der Waals surface area contributed by atoms with Crippen molar-refractivity contribution in [2.45, 2.75) is 52.6 Å². The molecule has 2 aromatic rings. The predicted molar refractivity (Wildman–Crippen MR) is 79.8 cm³/mol. The van der Waals surface area contributed by atoms with Crippen molar-refractivity contribution >= 4 is 11.5 Å². The Balaban J connectivity index is 2.23. The van der Waals surface area contributed by atoms with Gasteiger partial charge >= 0.3 is 0 Å². The zero-order valence-electron chi connectivity index (χ0n) is 12.5. The highest BCUT2D eigenvalue weighted by atomic mass is 32.1. The molecule has 0 spiro atoms. The van der Waals surface area contributed by atoms with E-state index in [1.54, 1.807) is 6.33 Å². The molecule has 2 aromatic heterocycles. The van der Waals surface area contributed by atoms with Crippen LogP contribution in [0.1, 0.15) is 56.2 Å². The van der Waals surface area contributed by atoms with Gasteiger partial charge in [0.15, 0.2) is 0 Å². The first kappa shape index (κ1) is 15.1. The highest BCUT2D eigenvalue weighted by Gasteiger charge is 2.21. The average Bonchev–Trinajstić information content (AvgIpc) is 3.06. The maximum Gasteiger partial charge on any atom is 0.138 e. The van der Waals surface area contributed by atoms with Crippen LogP contribution in [-0.4, -0.2) is 30.9 Å². The second-order valence-corrected chi connectivity index (χ2v) is 5.75. The van der Waals surface area contributed by atoms with Gasteiger partial charge in [-0.2, -0.15) is 5.10 Å². The van der Waals surface area contributed by atoms with Gasteiger partial charge in [0.2, 0.25) is 0 Å². The summed E-state index contributed by atoms with van der Waals surface area (Å²) >= 11 is 1.48. The quantitative estimate of drug-likeness (QED) is 0.847. The van der Waals surface area contributed by atoms with E-state index in [0.717, 1.165) is 30.9 Å². The Labute approximate surface area is 123 Å². The van der Waals surface area contributed by atoms with Crippen molar-refractivity contribution in [2.75, 3.05) is 6.54 Å². The molecule has 0 aliphatic heterocycles. The molecule has 0 fully saturated rings. The van der Waals surface area contributed by atoms with Gasteiger partial charge in [0, 0.05) is 12.5 Å². The van der Waals surface area contributed by atoms with Crippen LogP contribution in [0, 0.1) is 0 Å². The van der Waals surface area contributed by atoms with Crippen molar-refractivity contribution in [1.29, 1.82) is 0 Å². The van der Waals surface area contributed by atoms with E-state index in [0.29, 0.717) is 6.04 Å². The molecule has 0 aliphatic carbocycles. The molecule has 0 saturated heterocycles. The van der Waals surface area contributed by atoms with Gasteiger partial charge in [0.05, 0.1) is 16.6 Å². The second-order valence-electron chi connectivity index (χ2n) is 4.97. The summed E-state index contributed by atoms with van der Waals surface area (Å²) in [5.41, 5.74) is 1.08. The van der Waals surface area contributed by atoms with Crippen LogP contribution in [0.15, 0.2) is 6.33 Å². The smallest absolute Gasteiger partial charge is 0.138 e. The minimum atomic E-state index is 0.205. The summed E-state index contributed by atoms with van der Waals surface area (Å²) in [4.78, 5) is 5.62. The maximum atomic E-state index is 4.40. The Bertz CT molecular complexity index is 532. The van der Waals surface area contributed by atoms with E-state index in [9.17, 15) is 0 Å². The largest absolute Gasteiger partial charge is 0.309 e. The van der Waals surface area contributed by atoms with Crippen LogP contribution < -0.4 is 5.32 Å². The second kappa shape index (κ2) is 6.90. The van der Waals surface area contributed by atoms with Crippen molar-refractivity contribution in [3.05, 3.63) is 22.7 Å². The summed E-state index contributed by atoms with van der Waals surface area (Å²) in [5.74, 6) is 1.00. The lowest BCUT2D eigenvalue weighted by Gasteiger charge is -2.18. The van der Waals surface area contributed by atoms with E-state index < -0.39 is 0 Å². The van der Waals surface area contributed by atoms with E-state index in [1.807, 2.05) is 4.68 Å². The Morgan fingerprint density at radius 3 is 2.80 bits per heavy atom. The lowest BCUT2D eigenvalue weighted by molar-refractivity contribution is 0.470. The van der Waals surface area contributed by atoms with Crippen LogP contribution in [0.5, 0.6) is 0 Å². The van der Waals surface area contributed by atoms with Gasteiger partial charge in [-0.15, -0.1) is 5.10 Å². The molecular formula is C13H22N6S. The summed E-state index contributed by atoms with van der Waals surface area (Å²) in [6, 6.07) is 0.525. The summed E-state index contributed by atoms with van der Waals surface area (Å²) in [7, 11) is 0. The highest BCUT2D eigenvalue weighted by Crippen LogP contribution is 2.24. The van der Waals surface area contributed by atoms with Crippen LogP contribution >= 0.6 is 11.5 Å². The third-order valence-electron chi connectivity index (χ3n) is 3.21. The lowest BCUT2D eigenvalue weighted by atomic mass is 10.1. The molecular weight excluding hydrogens is 272 g/mol. The number of nitrogens with zero attached hydrogens (tertiary/aromatic N) is 5. The standard InChI is InChI=1S/C13H22N6S/c1-5-10-13(20-18-17-10)11(14-6-2)7-12-15-8-16-19(12)9(3)4/h8-9,11,14H,5-7H2,1-4H3. The van der Waals surface area contributed by atoms with Gasteiger partial charge in [-0.25, -0.2) is 9.67 Å². The van der Waals surface area contributed by atoms with Crippen LogP contribution in [0.4, 0.5) is 0 Å². The molecule has 110 valence electrons. The zero-order valence-corrected chi connectivity index (χ0v) is 13.3. The summed E-state index contributed by atoms with van der Waals surface area (Å²) < 4.78 is 6.07. The van der Waals surface area contributed by atoms with Crippen molar-refractivity contribution in [3.8, 4) is 0 Å². The van der Waals surface area contributed by atoms with Crippen molar-refractivity contribution < 1.29 is 0 Å². The molecule has 1 unspecified atom stereocenters. The van der Waals surface area contributed by atoms with E-state index in [4.69, 9.17) is 0 Å². The average molecular weight is 294 g/mol. The van der Waals surface area contributed by atoms with Crippen molar-refractivity contribution in [2.24, 2.45) is 0 Å². The van der Waals surface area contributed by atoms with Crippen LogP contribution in [0.2, 0.25) is 0 Å². The summed E-state index contributed by atoms with van der Waals surface area (Å²) in [5, 5.41) is 12.0. The number of aromatic nitrogens is 5. The van der Waals surface area contributed by atoms with Crippen LogP contribution in [0.3, 0.4) is 0 Å². The Kier molecular flexibility index (Phi) is 5.19. The number of likely N-dealkylation sites (N-methyl/N-ethyl adjacent to an activating group) is 1. The van der Waals surface area contributed by atoms with E-state index in [1.165, 1.54) is 16.4 Å². The Hall–Kier alpha value is -1.34. The fraction of sp³-hybridized carbons (Fsp3) is 0.692. The lowest BCUT2D eigenvalue weighted by Crippen LogP contribution is -2.25. The molecule has 0 aromatic carbocycles. The van der Waals surface area contributed by atoms with Gasteiger partial charge in [-0.05, 0) is 38.3 Å². The van der Waals surface area contributed by atoms with Gasteiger partial charge < -0.3 is 5.32 Å². The van der Waals surface area contributed by atoms with Crippen molar-refractivity contribution in [1.82, 2.24) is 29.7 Å². The van der Waals surface area contributed by atoms with Gasteiger partial charge in [0.1, 0.15) is 12.2 Å². The number of hydrogen-bond acceptors (Lipinski definition) is 6. The predicted octanol–water partition coefficient (Wildman–Crippen LogP) is 2.17. The fourth-order valence-corrected chi connectivity index (χ4v) is 3.08. The van der Waals surface area contributed by atoms with Gasteiger partial charge in [0.25, 0.3) is 0 Å². The molecule has 0 aliphatic rings. The van der Waals surface area contributed by atoms with E-state index in [2.05, 4.69) is 52.7 Å². The molecule has 1 atom stereocenters. The third kappa shape index (κ3) is 3.21. The topological polar surface area (TPSA) is 68.5 Å². The maximum absolute atomic E-state index is 4.40. The molecule has 0 radical (unpaired) electrons. The number of hydrogen-bond donors (Lipinski definition) is 1. The molecule has 7 heteroatoms. The van der Waals surface area contributed by atoms with Crippen LogP contribution in [-0.2, 0) is 12.8 Å². The molecule has 2 heterocycles. The molecule has 2 rings (SSSR count). The first-order valence-corrected chi connectivity index (χ1v) is 7.87. The molecule has 0 bridgehead atoms. The van der Waals surface area contributed by atoms with E-state index in [-0.39, 0.29) is 6.04 Å².